The fraction of sp³-hybridized carbons (Fsp3) is 0.600. The smallest absolute Gasteiger partial charge is 0.407 e. The molecule has 200 valence electrons. The number of nitrogens with zero attached hydrogens (tertiary/aromatic N) is 1. The topological polar surface area (TPSA) is 141 Å². The van der Waals surface area contributed by atoms with Crippen molar-refractivity contribution in [3.63, 3.8) is 0 Å². The van der Waals surface area contributed by atoms with Crippen LogP contribution in [0.3, 0.4) is 0 Å². The average molecular weight is 509 g/mol. The first-order valence-corrected chi connectivity index (χ1v) is 11.9. The van der Waals surface area contributed by atoms with Crippen LogP contribution in [-0.2, 0) is 23.8 Å². The first-order chi connectivity index (χ1) is 17.0. The summed E-state index contributed by atoms with van der Waals surface area (Å²) < 4.78 is 21.8. The molecule has 2 rings (SSSR count). The second kappa shape index (κ2) is 13.8. The summed E-state index contributed by atoms with van der Waals surface area (Å²) in [5.74, 6) is -0.876. The third kappa shape index (κ3) is 10.2. The maximum absolute atomic E-state index is 12.9. The Morgan fingerprint density at radius 1 is 1.11 bits per heavy atom. The van der Waals surface area contributed by atoms with E-state index >= 15 is 0 Å². The molecule has 11 nitrogen and oxygen atoms in total. The van der Waals surface area contributed by atoms with Crippen molar-refractivity contribution in [1.29, 1.82) is 0 Å². The van der Waals surface area contributed by atoms with Gasteiger partial charge in [-0.3, -0.25) is 9.59 Å². The van der Waals surface area contributed by atoms with E-state index in [4.69, 9.17) is 24.1 Å². The van der Waals surface area contributed by atoms with Gasteiger partial charge in [-0.1, -0.05) is 0 Å². The summed E-state index contributed by atoms with van der Waals surface area (Å²) in [7, 11) is 0. The highest BCUT2D eigenvalue weighted by Crippen LogP contribution is 2.18. The summed E-state index contributed by atoms with van der Waals surface area (Å²) in [6.45, 7) is 7.71. The molecule has 0 radical (unpaired) electrons. The van der Waals surface area contributed by atoms with E-state index in [-0.39, 0.29) is 38.3 Å². The van der Waals surface area contributed by atoms with Crippen LogP contribution in [0.25, 0.3) is 0 Å². The average Bonchev–Trinajstić information content (AvgIpc) is 2.83. The fourth-order valence-electron chi connectivity index (χ4n) is 3.38. The van der Waals surface area contributed by atoms with Gasteiger partial charge in [0, 0.05) is 18.7 Å². The van der Waals surface area contributed by atoms with Gasteiger partial charge in [-0.05, 0) is 64.8 Å². The minimum Gasteiger partial charge on any atom is -0.482 e. The molecule has 11 heteroatoms. The predicted octanol–water partition coefficient (Wildman–Crippen LogP) is 2.27. The fourth-order valence-corrected chi connectivity index (χ4v) is 3.38. The van der Waals surface area contributed by atoms with E-state index in [1.54, 1.807) is 31.2 Å². The molecule has 0 aliphatic carbocycles. The highest BCUT2D eigenvalue weighted by molar-refractivity contribution is 5.99. The van der Waals surface area contributed by atoms with Crippen LogP contribution in [0.2, 0.25) is 0 Å². The van der Waals surface area contributed by atoms with Crippen molar-refractivity contribution in [2.24, 2.45) is 0 Å². The molecule has 1 heterocycles. The summed E-state index contributed by atoms with van der Waals surface area (Å²) in [6, 6.07) is 6.20. The van der Waals surface area contributed by atoms with Gasteiger partial charge >= 0.3 is 12.1 Å². The van der Waals surface area contributed by atoms with Crippen LogP contribution in [-0.4, -0.2) is 91.0 Å². The molecule has 1 saturated heterocycles. The Morgan fingerprint density at radius 3 is 2.31 bits per heavy atom. The molecule has 1 fully saturated rings. The van der Waals surface area contributed by atoms with Gasteiger partial charge in [-0.15, -0.1) is 0 Å². The molecular weight excluding hydrogens is 472 g/mol. The number of benzene rings is 1. The van der Waals surface area contributed by atoms with Crippen LogP contribution in [0.5, 0.6) is 5.75 Å². The van der Waals surface area contributed by atoms with Gasteiger partial charge in [0.05, 0.1) is 31.5 Å². The van der Waals surface area contributed by atoms with Crippen molar-refractivity contribution in [1.82, 2.24) is 10.2 Å². The number of nitrogens with one attached hydrogen (secondary N) is 1. The maximum Gasteiger partial charge on any atom is 0.407 e. The largest absolute Gasteiger partial charge is 0.482 e. The lowest BCUT2D eigenvalue weighted by Gasteiger charge is -2.32. The number of esters is 1. The van der Waals surface area contributed by atoms with Crippen LogP contribution in [0, 0.1) is 0 Å². The van der Waals surface area contributed by atoms with E-state index in [2.05, 4.69) is 5.32 Å². The van der Waals surface area contributed by atoms with E-state index < -0.39 is 29.7 Å². The van der Waals surface area contributed by atoms with Crippen LogP contribution in [0.15, 0.2) is 24.3 Å². The number of hydrogen-bond donors (Lipinski definition) is 2. The van der Waals surface area contributed by atoms with Gasteiger partial charge < -0.3 is 34.3 Å². The number of ketones is 1. The van der Waals surface area contributed by atoms with Crippen LogP contribution in [0.1, 0.15) is 50.9 Å². The molecule has 1 atom stereocenters. The molecule has 1 aliphatic rings. The zero-order chi connectivity index (χ0) is 26.7. The first kappa shape index (κ1) is 29.1. The van der Waals surface area contributed by atoms with Gasteiger partial charge in [0.15, 0.2) is 18.5 Å². The summed E-state index contributed by atoms with van der Waals surface area (Å²) in [6.07, 6.45) is -1.28. The van der Waals surface area contributed by atoms with E-state index in [0.717, 1.165) is 0 Å². The Hall–Kier alpha value is -3.18. The summed E-state index contributed by atoms with van der Waals surface area (Å²) in [4.78, 5) is 49.2. The zero-order valence-corrected chi connectivity index (χ0v) is 21.3. The lowest BCUT2D eigenvalue weighted by Crippen LogP contribution is -2.47. The molecule has 0 aromatic heterocycles. The minimum atomic E-state index is -0.976. The monoisotopic (exact) mass is 508 g/mol. The zero-order valence-electron chi connectivity index (χ0n) is 21.3. The van der Waals surface area contributed by atoms with Gasteiger partial charge in [-0.2, -0.15) is 0 Å². The third-order valence-electron chi connectivity index (χ3n) is 5.29. The van der Waals surface area contributed by atoms with E-state index in [1.807, 2.05) is 20.8 Å². The number of carbonyl (C=O) groups excluding carboxylic acids is 3. The normalized spacial score (nSPS) is 15.2. The summed E-state index contributed by atoms with van der Waals surface area (Å²) in [5.41, 5.74) is -0.134. The number of ether oxygens (including phenoxy) is 4. The van der Waals surface area contributed by atoms with Crippen molar-refractivity contribution < 1.29 is 43.2 Å². The molecule has 1 aromatic rings. The summed E-state index contributed by atoms with van der Waals surface area (Å²) in [5, 5.41) is 11.7. The molecule has 2 N–H and O–H groups in total. The highest BCUT2D eigenvalue weighted by atomic mass is 16.6. The highest BCUT2D eigenvalue weighted by Gasteiger charge is 2.29. The Labute approximate surface area is 211 Å². The van der Waals surface area contributed by atoms with Crippen LogP contribution >= 0.6 is 0 Å². The number of carboxylic acid groups (broad SMARTS) is 1. The molecule has 0 spiro atoms. The first-order valence-electron chi connectivity index (χ1n) is 11.9. The van der Waals surface area contributed by atoms with Crippen LogP contribution < -0.4 is 10.1 Å². The lowest BCUT2D eigenvalue weighted by molar-refractivity contribution is -0.150. The van der Waals surface area contributed by atoms with Crippen molar-refractivity contribution in [3.05, 3.63) is 29.8 Å². The lowest BCUT2D eigenvalue weighted by atomic mass is 10.1. The number of amides is 2. The van der Waals surface area contributed by atoms with Crippen molar-refractivity contribution in [3.8, 4) is 5.75 Å². The predicted molar refractivity (Wildman–Crippen MR) is 129 cm³/mol. The van der Waals surface area contributed by atoms with Gasteiger partial charge in [-0.25, -0.2) is 9.59 Å². The Kier molecular flexibility index (Phi) is 11.1. The summed E-state index contributed by atoms with van der Waals surface area (Å²) >= 11 is 0. The van der Waals surface area contributed by atoms with Gasteiger partial charge in [0.1, 0.15) is 5.75 Å². The molecular formula is C25H36N2O9. The number of likely N-dealkylation sites (tertiary alicyclic amines) is 1. The molecule has 1 aromatic carbocycles. The van der Waals surface area contributed by atoms with Crippen molar-refractivity contribution in [2.45, 2.75) is 58.3 Å². The van der Waals surface area contributed by atoms with Crippen LogP contribution in [0.4, 0.5) is 4.79 Å². The minimum absolute atomic E-state index is 0.00479. The van der Waals surface area contributed by atoms with Crippen molar-refractivity contribution >= 4 is 23.8 Å². The standard InChI is InChI=1S/C25H36N2O9/c1-5-33-22(29)16-34-18-8-6-17(7-9-18)20(28)14-26-23(30)21(15-35-25(2,3)4)36-19-10-12-27(13-11-19)24(31)32/h6-9,19,21H,5,10-16H2,1-4H3,(H,26,30)(H,31,32)/t21-/m0/s1. The Morgan fingerprint density at radius 2 is 1.75 bits per heavy atom. The number of carbonyl (C=O) groups is 4. The number of rotatable bonds is 12. The van der Waals surface area contributed by atoms with Gasteiger partial charge in [0.25, 0.3) is 5.91 Å². The van der Waals surface area contributed by atoms with Crippen molar-refractivity contribution in [2.75, 3.05) is 39.5 Å². The van der Waals surface area contributed by atoms with E-state index in [9.17, 15) is 19.2 Å². The number of hydrogen-bond acceptors (Lipinski definition) is 8. The second-order valence-corrected chi connectivity index (χ2v) is 9.28. The maximum atomic E-state index is 12.9. The number of piperidine rings is 1. The molecule has 36 heavy (non-hydrogen) atoms. The molecule has 0 bridgehead atoms. The quantitative estimate of drug-likeness (QED) is 0.321. The Bertz CT molecular complexity index is 888. The molecule has 0 unspecified atom stereocenters. The SMILES string of the molecule is CCOC(=O)COc1ccc(C(=O)CNC(=O)[C@H](COC(C)(C)C)OC2CCN(C(=O)O)CC2)cc1. The van der Waals surface area contributed by atoms with E-state index in [1.165, 1.54) is 4.90 Å². The Balaban J connectivity index is 1.90. The molecule has 2 amide bonds. The third-order valence-corrected chi connectivity index (χ3v) is 5.29. The second-order valence-electron chi connectivity index (χ2n) is 9.28. The number of Topliss-reactive ketones (excluding diaryl/α,β-unsaturated/α-hetero) is 1. The van der Waals surface area contributed by atoms with Gasteiger partial charge in [0.2, 0.25) is 0 Å². The molecule has 1 aliphatic heterocycles. The molecule has 0 saturated carbocycles. The van der Waals surface area contributed by atoms with E-state index in [0.29, 0.717) is 37.2 Å².